The highest BCUT2D eigenvalue weighted by molar-refractivity contribution is 6.04. The van der Waals surface area contributed by atoms with Crippen LogP contribution < -0.4 is 10.1 Å². The summed E-state index contributed by atoms with van der Waals surface area (Å²) < 4.78 is 5.45. The Labute approximate surface area is 118 Å². The molecule has 0 fully saturated rings. The van der Waals surface area contributed by atoms with Crippen molar-refractivity contribution in [3.63, 3.8) is 0 Å². The quantitative estimate of drug-likeness (QED) is 0.904. The van der Waals surface area contributed by atoms with Crippen molar-refractivity contribution in [2.24, 2.45) is 0 Å². The summed E-state index contributed by atoms with van der Waals surface area (Å²) in [6.45, 7) is 4.75. The fourth-order valence-electron chi connectivity index (χ4n) is 2.58. The minimum atomic E-state index is -0.0790. The number of carbonyl (C=O) groups is 1. The zero-order chi connectivity index (χ0) is 14.1. The summed E-state index contributed by atoms with van der Waals surface area (Å²) in [5.41, 5.74) is 4.90. The third-order valence-corrected chi connectivity index (χ3v) is 3.43. The molecule has 3 heteroatoms. The highest BCUT2D eigenvalue weighted by Crippen LogP contribution is 2.26. The summed E-state index contributed by atoms with van der Waals surface area (Å²) in [4.78, 5) is 12.3. The highest BCUT2D eigenvalue weighted by atomic mass is 16.5. The number of fused-ring (bicyclic) bond motifs is 1. The largest absolute Gasteiger partial charge is 0.493 e. The van der Waals surface area contributed by atoms with Crippen LogP contribution in [0.5, 0.6) is 5.75 Å². The van der Waals surface area contributed by atoms with Crippen LogP contribution in [0.4, 0.5) is 5.69 Å². The van der Waals surface area contributed by atoms with E-state index >= 15 is 0 Å². The number of hydrogen-bond acceptors (Lipinski definition) is 2. The highest BCUT2D eigenvalue weighted by Gasteiger charge is 2.15. The van der Waals surface area contributed by atoms with Crippen LogP contribution in [0, 0.1) is 13.8 Å². The maximum atomic E-state index is 12.3. The zero-order valence-corrected chi connectivity index (χ0v) is 11.7. The van der Waals surface area contributed by atoms with E-state index in [0.717, 1.165) is 34.5 Å². The average molecular weight is 267 g/mol. The minimum Gasteiger partial charge on any atom is -0.493 e. The topological polar surface area (TPSA) is 38.3 Å². The first-order chi connectivity index (χ1) is 9.61. The van der Waals surface area contributed by atoms with Crippen molar-refractivity contribution < 1.29 is 9.53 Å². The standard InChI is InChI=1S/C17H17NO2/c1-11-7-12(2)9-15(8-11)18-17(19)14-3-4-16-13(10-14)5-6-20-16/h3-4,7-10H,5-6H2,1-2H3,(H,18,19). The van der Waals surface area contributed by atoms with E-state index < -0.39 is 0 Å². The van der Waals surface area contributed by atoms with E-state index in [9.17, 15) is 4.79 Å². The molecule has 0 radical (unpaired) electrons. The number of aryl methyl sites for hydroxylation is 2. The van der Waals surface area contributed by atoms with E-state index in [1.165, 1.54) is 0 Å². The van der Waals surface area contributed by atoms with Gasteiger partial charge in [0, 0.05) is 17.7 Å². The molecule has 1 heterocycles. The van der Waals surface area contributed by atoms with Crippen molar-refractivity contribution in [3.05, 3.63) is 58.7 Å². The number of amides is 1. The molecule has 102 valence electrons. The van der Waals surface area contributed by atoms with Crippen LogP contribution in [0.1, 0.15) is 27.0 Å². The number of benzene rings is 2. The number of anilines is 1. The molecule has 0 spiro atoms. The molecule has 2 aromatic rings. The van der Waals surface area contributed by atoms with Gasteiger partial charge in [-0.1, -0.05) is 6.07 Å². The SMILES string of the molecule is Cc1cc(C)cc(NC(=O)c2ccc3c(c2)CCO3)c1. The molecule has 0 aromatic heterocycles. The Kier molecular flexibility index (Phi) is 3.18. The number of carbonyl (C=O) groups excluding carboxylic acids is 1. The van der Waals surface area contributed by atoms with Gasteiger partial charge in [0.05, 0.1) is 6.61 Å². The summed E-state index contributed by atoms with van der Waals surface area (Å²) in [7, 11) is 0. The second-order valence-corrected chi connectivity index (χ2v) is 5.25. The van der Waals surface area contributed by atoms with Crippen LogP contribution in [0.2, 0.25) is 0 Å². The fourth-order valence-corrected chi connectivity index (χ4v) is 2.58. The van der Waals surface area contributed by atoms with Gasteiger partial charge in [-0.2, -0.15) is 0 Å². The lowest BCUT2D eigenvalue weighted by Crippen LogP contribution is -2.12. The molecule has 0 aliphatic carbocycles. The van der Waals surface area contributed by atoms with E-state index in [-0.39, 0.29) is 5.91 Å². The smallest absolute Gasteiger partial charge is 0.255 e. The average Bonchev–Trinajstić information content (AvgIpc) is 2.84. The normalized spacial score (nSPS) is 12.7. The Bertz CT molecular complexity index is 656. The summed E-state index contributed by atoms with van der Waals surface area (Å²) in [5.74, 6) is 0.817. The summed E-state index contributed by atoms with van der Waals surface area (Å²) in [6.07, 6.45) is 0.875. The Morgan fingerprint density at radius 1 is 1.10 bits per heavy atom. The number of nitrogens with one attached hydrogen (secondary N) is 1. The Morgan fingerprint density at radius 3 is 2.60 bits per heavy atom. The molecule has 0 bridgehead atoms. The lowest BCUT2D eigenvalue weighted by Gasteiger charge is -2.08. The first kappa shape index (κ1) is 12.7. The predicted molar refractivity (Wildman–Crippen MR) is 79.5 cm³/mol. The van der Waals surface area contributed by atoms with Crippen LogP contribution in [-0.4, -0.2) is 12.5 Å². The van der Waals surface area contributed by atoms with Crippen LogP contribution in [-0.2, 0) is 6.42 Å². The Morgan fingerprint density at radius 2 is 1.85 bits per heavy atom. The molecule has 1 N–H and O–H groups in total. The van der Waals surface area contributed by atoms with Gasteiger partial charge < -0.3 is 10.1 Å². The summed E-state index contributed by atoms with van der Waals surface area (Å²) in [5, 5.41) is 2.95. The van der Waals surface area contributed by atoms with Gasteiger partial charge >= 0.3 is 0 Å². The molecule has 0 atom stereocenters. The molecule has 1 aliphatic rings. The van der Waals surface area contributed by atoms with Gasteiger partial charge in [0.2, 0.25) is 0 Å². The van der Waals surface area contributed by atoms with E-state index in [1.54, 1.807) is 0 Å². The molecule has 3 nitrogen and oxygen atoms in total. The molecule has 20 heavy (non-hydrogen) atoms. The third-order valence-electron chi connectivity index (χ3n) is 3.43. The van der Waals surface area contributed by atoms with Crippen LogP contribution >= 0.6 is 0 Å². The summed E-state index contributed by atoms with van der Waals surface area (Å²) >= 11 is 0. The summed E-state index contributed by atoms with van der Waals surface area (Å²) in [6, 6.07) is 11.6. The lowest BCUT2D eigenvalue weighted by molar-refractivity contribution is 0.102. The molecular weight excluding hydrogens is 250 g/mol. The molecule has 2 aromatic carbocycles. The maximum absolute atomic E-state index is 12.3. The predicted octanol–water partition coefficient (Wildman–Crippen LogP) is 3.49. The van der Waals surface area contributed by atoms with Gasteiger partial charge in [-0.15, -0.1) is 0 Å². The second-order valence-electron chi connectivity index (χ2n) is 5.25. The second kappa shape index (κ2) is 5.00. The Balaban J connectivity index is 1.82. The van der Waals surface area contributed by atoms with Gasteiger partial charge in [-0.3, -0.25) is 4.79 Å². The molecule has 0 saturated carbocycles. The molecule has 0 saturated heterocycles. The molecular formula is C17H17NO2. The van der Waals surface area contributed by atoms with Crippen molar-refractivity contribution >= 4 is 11.6 Å². The molecule has 3 rings (SSSR count). The van der Waals surface area contributed by atoms with Crippen molar-refractivity contribution in [1.82, 2.24) is 0 Å². The van der Waals surface area contributed by atoms with Crippen LogP contribution in [0.3, 0.4) is 0 Å². The van der Waals surface area contributed by atoms with Crippen molar-refractivity contribution in [2.45, 2.75) is 20.3 Å². The first-order valence-electron chi connectivity index (χ1n) is 6.77. The fraction of sp³-hybridized carbons (Fsp3) is 0.235. The van der Waals surface area contributed by atoms with Crippen molar-refractivity contribution in [1.29, 1.82) is 0 Å². The van der Waals surface area contributed by atoms with E-state index in [2.05, 4.69) is 11.4 Å². The third kappa shape index (κ3) is 2.52. The molecule has 1 aliphatic heterocycles. The molecule has 0 unspecified atom stereocenters. The van der Waals surface area contributed by atoms with Gasteiger partial charge in [0.15, 0.2) is 0 Å². The van der Waals surface area contributed by atoms with Gasteiger partial charge in [0.25, 0.3) is 5.91 Å². The van der Waals surface area contributed by atoms with Crippen LogP contribution in [0.15, 0.2) is 36.4 Å². The van der Waals surface area contributed by atoms with Gasteiger partial charge in [0.1, 0.15) is 5.75 Å². The van der Waals surface area contributed by atoms with E-state index in [4.69, 9.17) is 4.74 Å². The first-order valence-corrected chi connectivity index (χ1v) is 6.77. The van der Waals surface area contributed by atoms with Crippen molar-refractivity contribution in [2.75, 3.05) is 11.9 Å². The van der Waals surface area contributed by atoms with E-state index in [1.807, 2.05) is 44.2 Å². The van der Waals surface area contributed by atoms with E-state index in [0.29, 0.717) is 12.2 Å². The van der Waals surface area contributed by atoms with Gasteiger partial charge in [-0.05, 0) is 60.9 Å². The number of hydrogen-bond donors (Lipinski definition) is 1. The zero-order valence-electron chi connectivity index (χ0n) is 11.7. The number of rotatable bonds is 2. The maximum Gasteiger partial charge on any atom is 0.255 e. The number of ether oxygens (including phenoxy) is 1. The minimum absolute atomic E-state index is 0.0790. The van der Waals surface area contributed by atoms with Crippen LogP contribution in [0.25, 0.3) is 0 Å². The van der Waals surface area contributed by atoms with Crippen molar-refractivity contribution in [3.8, 4) is 5.75 Å². The van der Waals surface area contributed by atoms with Gasteiger partial charge in [-0.25, -0.2) is 0 Å². The molecule has 1 amide bonds. The lowest BCUT2D eigenvalue weighted by atomic mass is 10.1. The Hall–Kier alpha value is -2.29. The monoisotopic (exact) mass is 267 g/mol.